The molecular weight excluding hydrogens is 928 g/mol. The Labute approximate surface area is 454 Å². The first-order valence-corrected chi connectivity index (χ1v) is 33.1. The molecule has 0 aliphatic rings. The molecule has 0 aromatic rings. The van der Waals surface area contributed by atoms with E-state index in [-0.39, 0.29) is 31.5 Å². The van der Waals surface area contributed by atoms with Gasteiger partial charge in [-0.1, -0.05) is 270 Å². The number of amides is 1. The SMILES string of the molecule is CCCCCCCC/C=C\CCCCCC(=O)OC(/C=C/CCCCCCCCCCCCC)C(COP(=O)([O-])OCC[N+](C)(C)C)NC(=O)CCCCCCCCCCCCCCCCCCCCCCC. The van der Waals surface area contributed by atoms with Crippen molar-refractivity contribution in [3.63, 3.8) is 0 Å². The van der Waals surface area contributed by atoms with Gasteiger partial charge in [0.25, 0.3) is 7.82 Å². The van der Waals surface area contributed by atoms with Crippen molar-refractivity contribution in [2.45, 2.75) is 328 Å². The number of ether oxygens (including phenoxy) is 1. The molecule has 0 aromatic heterocycles. The van der Waals surface area contributed by atoms with Gasteiger partial charge < -0.3 is 28.5 Å². The molecule has 432 valence electrons. The van der Waals surface area contributed by atoms with E-state index in [0.717, 1.165) is 64.2 Å². The van der Waals surface area contributed by atoms with Crippen molar-refractivity contribution in [3.8, 4) is 0 Å². The second kappa shape index (κ2) is 53.9. The third-order valence-corrected chi connectivity index (χ3v) is 15.3. The Bertz CT molecular complexity index is 1300. The zero-order valence-electron chi connectivity index (χ0n) is 49.4. The van der Waals surface area contributed by atoms with E-state index >= 15 is 0 Å². The second-order valence-corrected chi connectivity index (χ2v) is 24.3. The minimum Gasteiger partial charge on any atom is -0.756 e. The highest BCUT2D eigenvalue weighted by atomic mass is 31.2. The molecule has 73 heavy (non-hydrogen) atoms. The number of rotatable bonds is 58. The van der Waals surface area contributed by atoms with Gasteiger partial charge in [0.2, 0.25) is 5.91 Å². The molecule has 0 heterocycles. The third-order valence-electron chi connectivity index (χ3n) is 14.4. The van der Waals surface area contributed by atoms with Crippen LogP contribution in [-0.2, 0) is 27.9 Å². The normalized spacial score (nSPS) is 13.8. The van der Waals surface area contributed by atoms with Gasteiger partial charge in [-0.05, 0) is 57.4 Å². The Hall–Kier alpha value is -1.51. The van der Waals surface area contributed by atoms with Crippen LogP contribution < -0.4 is 10.2 Å². The lowest BCUT2D eigenvalue weighted by molar-refractivity contribution is -0.870. The van der Waals surface area contributed by atoms with E-state index in [2.05, 4.69) is 38.2 Å². The first-order valence-electron chi connectivity index (χ1n) is 31.6. The Morgan fingerprint density at radius 2 is 0.795 bits per heavy atom. The fourth-order valence-corrected chi connectivity index (χ4v) is 10.2. The van der Waals surface area contributed by atoms with Crippen molar-refractivity contribution in [1.82, 2.24) is 5.32 Å². The first-order chi connectivity index (χ1) is 35.4. The van der Waals surface area contributed by atoms with Gasteiger partial charge in [0, 0.05) is 12.8 Å². The smallest absolute Gasteiger partial charge is 0.306 e. The highest BCUT2D eigenvalue weighted by Gasteiger charge is 2.27. The van der Waals surface area contributed by atoms with Crippen molar-refractivity contribution in [3.05, 3.63) is 24.3 Å². The van der Waals surface area contributed by atoms with E-state index in [1.54, 1.807) is 0 Å². The molecule has 9 nitrogen and oxygen atoms in total. The highest BCUT2D eigenvalue weighted by Crippen LogP contribution is 2.38. The molecule has 0 aliphatic carbocycles. The number of allylic oxidation sites excluding steroid dienone is 3. The lowest BCUT2D eigenvalue weighted by atomic mass is 10.0. The zero-order chi connectivity index (χ0) is 53.6. The van der Waals surface area contributed by atoms with Crippen LogP contribution in [0.15, 0.2) is 24.3 Å². The van der Waals surface area contributed by atoms with E-state index < -0.39 is 20.0 Å². The highest BCUT2D eigenvalue weighted by molar-refractivity contribution is 7.45. The molecule has 0 spiro atoms. The number of nitrogens with one attached hydrogen (secondary N) is 1. The van der Waals surface area contributed by atoms with Crippen molar-refractivity contribution in [2.24, 2.45) is 0 Å². The number of hydrogen-bond acceptors (Lipinski definition) is 7. The van der Waals surface area contributed by atoms with Gasteiger partial charge in [-0.25, -0.2) is 0 Å². The molecule has 0 rings (SSSR count). The molecule has 0 aromatic carbocycles. The van der Waals surface area contributed by atoms with E-state index in [1.807, 2.05) is 33.3 Å². The molecule has 10 heteroatoms. The average molecular weight is 1050 g/mol. The molecule has 1 amide bonds. The van der Waals surface area contributed by atoms with Crippen molar-refractivity contribution in [2.75, 3.05) is 40.9 Å². The molecule has 0 fully saturated rings. The summed E-state index contributed by atoms with van der Waals surface area (Å²) < 4.78 is 30.3. The van der Waals surface area contributed by atoms with Gasteiger partial charge in [0.05, 0.1) is 33.8 Å². The quantitative estimate of drug-likeness (QED) is 0.0212. The lowest BCUT2D eigenvalue weighted by Crippen LogP contribution is -2.47. The fraction of sp³-hybridized carbons (Fsp3) is 0.905. The number of nitrogens with zero attached hydrogens (tertiary/aromatic N) is 1. The number of hydrogen-bond donors (Lipinski definition) is 1. The monoisotopic (exact) mass is 1050 g/mol. The summed E-state index contributed by atoms with van der Waals surface area (Å²) in [7, 11) is 1.19. The summed E-state index contributed by atoms with van der Waals surface area (Å²) in [4.78, 5) is 39.9. The molecule has 0 aliphatic heterocycles. The van der Waals surface area contributed by atoms with E-state index in [1.165, 1.54) is 212 Å². The van der Waals surface area contributed by atoms with Crippen LogP contribution in [0, 0.1) is 0 Å². The van der Waals surface area contributed by atoms with E-state index in [9.17, 15) is 19.0 Å². The maximum atomic E-state index is 13.5. The summed E-state index contributed by atoms with van der Waals surface area (Å²) in [5.74, 6) is -0.543. The molecule has 0 bridgehead atoms. The molecule has 3 atom stereocenters. The van der Waals surface area contributed by atoms with Crippen LogP contribution in [0.5, 0.6) is 0 Å². The number of phosphoric ester groups is 1. The van der Waals surface area contributed by atoms with E-state index in [0.29, 0.717) is 23.9 Å². The Morgan fingerprint density at radius 3 is 1.18 bits per heavy atom. The largest absolute Gasteiger partial charge is 0.756 e. The number of esters is 1. The van der Waals surface area contributed by atoms with Crippen LogP contribution in [0.2, 0.25) is 0 Å². The van der Waals surface area contributed by atoms with Crippen LogP contribution in [0.25, 0.3) is 0 Å². The van der Waals surface area contributed by atoms with E-state index in [4.69, 9.17) is 13.8 Å². The molecule has 0 radical (unpaired) electrons. The van der Waals surface area contributed by atoms with Gasteiger partial charge in [0.15, 0.2) is 0 Å². The van der Waals surface area contributed by atoms with Gasteiger partial charge >= 0.3 is 5.97 Å². The summed E-state index contributed by atoms with van der Waals surface area (Å²) in [6.07, 6.45) is 62.9. The first kappa shape index (κ1) is 71.5. The summed E-state index contributed by atoms with van der Waals surface area (Å²) >= 11 is 0. The summed E-state index contributed by atoms with van der Waals surface area (Å²) in [5.41, 5.74) is 0. The third kappa shape index (κ3) is 55.1. The predicted octanol–water partition coefficient (Wildman–Crippen LogP) is 18.7. The number of phosphoric acid groups is 1. The zero-order valence-corrected chi connectivity index (χ0v) is 50.3. The minimum atomic E-state index is -4.69. The summed E-state index contributed by atoms with van der Waals surface area (Å²) in [6.45, 7) is 6.87. The predicted molar refractivity (Wildman–Crippen MR) is 312 cm³/mol. The average Bonchev–Trinajstić information content (AvgIpc) is 3.35. The lowest BCUT2D eigenvalue weighted by Gasteiger charge is -2.30. The molecule has 0 saturated carbocycles. The van der Waals surface area contributed by atoms with Crippen LogP contribution >= 0.6 is 7.82 Å². The second-order valence-electron chi connectivity index (χ2n) is 22.9. The maximum absolute atomic E-state index is 13.5. The van der Waals surface area contributed by atoms with Gasteiger partial charge in [-0.2, -0.15) is 0 Å². The molecule has 3 unspecified atom stereocenters. The number of unbranched alkanes of at least 4 members (excludes halogenated alkanes) is 40. The minimum absolute atomic E-state index is 0.0209. The Kier molecular flexibility index (Phi) is 52.8. The van der Waals surface area contributed by atoms with Crippen LogP contribution in [0.4, 0.5) is 0 Å². The van der Waals surface area contributed by atoms with Crippen molar-refractivity contribution in [1.29, 1.82) is 0 Å². The fourth-order valence-electron chi connectivity index (χ4n) is 9.46. The van der Waals surface area contributed by atoms with Gasteiger partial charge in [0.1, 0.15) is 19.3 Å². The topological polar surface area (TPSA) is 114 Å². The van der Waals surface area contributed by atoms with Crippen LogP contribution in [0.3, 0.4) is 0 Å². The van der Waals surface area contributed by atoms with Crippen LogP contribution in [0.1, 0.15) is 316 Å². The number of quaternary nitrogens is 1. The Morgan fingerprint density at radius 1 is 0.466 bits per heavy atom. The van der Waals surface area contributed by atoms with Crippen LogP contribution in [-0.4, -0.2) is 69.4 Å². The molecule has 1 N–H and O–H groups in total. The number of likely N-dealkylation sites (N-methyl/N-ethyl adjacent to an activating group) is 1. The maximum Gasteiger partial charge on any atom is 0.306 e. The number of carbonyl (C=O) groups is 2. The summed E-state index contributed by atoms with van der Waals surface area (Å²) in [6, 6.07) is -0.888. The van der Waals surface area contributed by atoms with Gasteiger partial charge in [-0.15, -0.1) is 0 Å². The summed E-state index contributed by atoms with van der Waals surface area (Å²) in [5, 5.41) is 3.03. The standard InChI is InChI=1S/C63H123N2O7P/c1-7-10-13-16-19-22-25-28-29-30-31-32-33-34-35-38-40-43-46-49-52-55-62(66)64-60(59-71-73(68,69)70-58-57-65(4,5)6)61(54-51-48-45-42-39-36-26-23-20-17-14-11-8-2)72-63(67)56-53-50-47-44-41-37-27-24-21-18-15-12-9-3/h37,41,51,54,60-61H,7-36,38-40,42-50,52-53,55-59H2,1-6H3,(H-,64,66,68,69)/b41-37-,54-51+. The molecular formula is C63H123N2O7P. The van der Waals surface area contributed by atoms with Gasteiger partial charge in [-0.3, -0.25) is 14.2 Å². The number of carbonyl (C=O) groups excluding carboxylic acids is 2. The van der Waals surface area contributed by atoms with Crippen molar-refractivity contribution >= 4 is 19.7 Å². The Balaban J connectivity index is 5.19. The molecule has 0 saturated heterocycles. The van der Waals surface area contributed by atoms with Crippen molar-refractivity contribution < 1.29 is 37.3 Å².